The fraction of sp³-hybridized carbons (Fsp3) is 0.327. The number of methoxy groups -OCH3 is 1. The summed E-state index contributed by atoms with van der Waals surface area (Å²) in [4.78, 5) is 44.4. The van der Waals surface area contributed by atoms with Gasteiger partial charge in [0.2, 0.25) is 5.91 Å². The highest BCUT2D eigenvalue weighted by Gasteiger charge is 2.43. The minimum atomic E-state index is -2.36. The number of anilines is 2. The lowest BCUT2D eigenvalue weighted by Gasteiger charge is -2.40. The maximum atomic E-state index is 15.1. The SMILES string of the molecule is COc1ccc(N(CC(CCC(O[Si](C)(C)C(C)(C)C)c2ccc(F)cc2)C(=O)N2C(=O)OCC2c2ccccc2)c2ccc(CNC(=O)OCc3ccccc3)cc2)cc1. The van der Waals surface area contributed by atoms with Gasteiger partial charge < -0.3 is 28.9 Å². The number of carbonyl (C=O) groups is 3. The van der Waals surface area contributed by atoms with Gasteiger partial charge in [-0.15, -0.1) is 0 Å². The van der Waals surface area contributed by atoms with Crippen LogP contribution in [-0.4, -0.2) is 51.6 Å². The number of imide groups is 1. The van der Waals surface area contributed by atoms with Gasteiger partial charge in [0.25, 0.3) is 0 Å². The van der Waals surface area contributed by atoms with Gasteiger partial charge in [-0.25, -0.2) is 18.9 Å². The predicted molar refractivity (Wildman–Crippen MR) is 237 cm³/mol. The van der Waals surface area contributed by atoms with Crippen molar-refractivity contribution >= 4 is 37.8 Å². The molecule has 6 rings (SSSR count). The first-order valence-electron chi connectivity index (χ1n) is 20.7. The smallest absolute Gasteiger partial charge is 0.417 e. The van der Waals surface area contributed by atoms with E-state index in [4.69, 9.17) is 18.6 Å². The van der Waals surface area contributed by atoms with Gasteiger partial charge in [0.1, 0.15) is 30.8 Å². The van der Waals surface area contributed by atoms with Crippen LogP contribution < -0.4 is 15.0 Å². The lowest BCUT2D eigenvalue weighted by molar-refractivity contribution is -0.133. The van der Waals surface area contributed by atoms with Crippen LogP contribution in [0.25, 0.3) is 0 Å². The molecule has 0 spiro atoms. The van der Waals surface area contributed by atoms with Crippen molar-refractivity contribution in [2.45, 2.75) is 77.0 Å². The number of alkyl carbamates (subject to hydrolysis) is 1. The molecule has 12 heteroatoms. The van der Waals surface area contributed by atoms with Crippen LogP contribution in [0.4, 0.5) is 25.4 Å². The van der Waals surface area contributed by atoms with E-state index in [2.05, 4.69) is 39.2 Å². The third-order valence-electron chi connectivity index (χ3n) is 11.6. The van der Waals surface area contributed by atoms with E-state index >= 15 is 4.79 Å². The molecule has 0 bridgehead atoms. The molecule has 0 radical (unpaired) electrons. The Labute approximate surface area is 359 Å². The maximum Gasteiger partial charge on any atom is 0.417 e. The van der Waals surface area contributed by atoms with Crippen LogP contribution in [0.5, 0.6) is 5.75 Å². The number of halogens is 1. The van der Waals surface area contributed by atoms with Crippen molar-refractivity contribution in [3.63, 3.8) is 0 Å². The number of nitrogens with zero attached hydrogens (tertiary/aromatic N) is 2. The van der Waals surface area contributed by atoms with Gasteiger partial charge in [-0.1, -0.05) is 106 Å². The normalized spacial score (nSPS) is 15.1. The Morgan fingerprint density at radius 2 is 1.44 bits per heavy atom. The number of benzene rings is 5. The van der Waals surface area contributed by atoms with E-state index in [1.165, 1.54) is 17.0 Å². The Balaban J connectivity index is 1.31. The first-order valence-corrected chi connectivity index (χ1v) is 23.6. The van der Waals surface area contributed by atoms with E-state index in [1.807, 2.05) is 114 Å². The summed E-state index contributed by atoms with van der Waals surface area (Å²) < 4.78 is 37.7. The van der Waals surface area contributed by atoms with E-state index in [-0.39, 0.29) is 43.1 Å². The van der Waals surface area contributed by atoms with Gasteiger partial charge >= 0.3 is 12.2 Å². The Hall–Kier alpha value is -5.98. The molecule has 0 saturated carbocycles. The Morgan fingerprint density at radius 1 is 0.836 bits per heavy atom. The topological polar surface area (TPSA) is 107 Å². The number of cyclic esters (lactones) is 1. The summed E-state index contributed by atoms with van der Waals surface area (Å²) in [6.45, 7) is 11.5. The minimum Gasteiger partial charge on any atom is -0.497 e. The lowest BCUT2D eigenvalue weighted by atomic mass is 9.94. The zero-order valence-electron chi connectivity index (χ0n) is 35.8. The van der Waals surface area contributed by atoms with Crippen molar-refractivity contribution in [3.05, 3.63) is 162 Å². The fourth-order valence-corrected chi connectivity index (χ4v) is 8.33. The summed E-state index contributed by atoms with van der Waals surface area (Å²) in [5.41, 5.74) is 4.94. The highest BCUT2D eigenvalue weighted by atomic mass is 28.4. The number of amides is 3. The second kappa shape index (κ2) is 20.1. The molecule has 61 heavy (non-hydrogen) atoms. The summed E-state index contributed by atoms with van der Waals surface area (Å²) >= 11 is 0. The first kappa shape index (κ1) is 44.6. The average Bonchev–Trinajstić information content (AvgIpc) is 3.66. The monoisotopic (exact) mass is 845 g/mol. The third-order valence-corrected chi connectivity index (χ3v) is 16.1. The van der Waals surface area contributed by atoms with E-state index in [0.717, 1.165) is 33.6 Å². The van der Waals surface area contributed by atoms with Gasteiger partial charge in [-0.3, -0.25) is 4.79 Å². The quantitative estimate of drug-likeness (QED) is 0.0922. The van der Waals surface area contributed by atoms with Crippen LogP contribution in [-0.2, 0) is 31.8 Å². The van der Waals surface area contributed by atoms with Gasteiger partial charge in [-0.2, -0.15) is 0 Å². The number of hydrogen-bond acceptors (Lipinski definition) is 8. The van der Waals surface area contributed by atoms with Crippen molar-refractivity contribution in [3.8, 4) is 5.75 Å². The minimum absolute atomic E-state index is 0.0471. The van der Waals surface area contributed by atoms with Crippen LogP contribution in [0.1, 0.15) is 68.0 Å². The Kier molecular flexibility index (Phi) is 14.6. The molecule has 1 aliphatic heterocycles. The number of nitrogens with one attached hydrogen (secondary N) is 1. The predicted octanol–water partition coefficient (Wildman–Crippen LogP) is 11.3. The van der Waals surface area contributed by atoms with Gasteiger partial charge in [0.15, 0.2) is 8.32 Å². The number of ether oxygens (including phenoxy) is 3. The van der Waals surface area contributed by atoms with Gasteiger partial charge in [0, 0.05) is 24.5 Å². The van der Waals surface area contributed by atoms with E-state index < -0.39 is 38.6 Å². The van der Waals surface area contributed by atoms with Crippen LogP contribution >= 0.6 is 0 Å². The summed E-state index contributed by atoms with van der Waals surface area (Å²) in [5, 5.41) is 2.71. The number of hydrogen-bond donors (Lipinski definition) is 1. The zero-order valence-corrected chi connectivity index (χ0v) is 36.8. The highest BCUT2D eigenvalue weighted by molar-refractivity contribution is 6.74. The van der Waals surface area contributed by atoms with Crippen molar-refractivity contribution in [1.29, 1.82) is 0 Å². The molecule has 5 aromatic carbocycles. The van der Waals surface area contributed by atoms with E-state index in [9.17, 15) is 14.0 Å². The highest BCUT2D eigenvalue weighted by Crippen LogP contribution is 2.42. The van der Waals surface area contributed by atoms with Crippen LogP contribution in [0.3, 0.4) is 0 Å². The molecule has 3 atom stereocenters. The molecule has 0 aliphatic carbocycles. The summed E-state index contributed by atoms with van der Waals surface area (Å²) in [6.07, 6.45) is -0.894. The molecule has 3 unspecified atom stereocenters. The second-order valence-corrected chi connectivity index (χ2v) is 21.6. The molecule has 1 N–H and O–H groups in total. The molecule has 1 fully saturated rings. The Bertz CT molecular complexity index is 2200. The van der Waals surface area contributed by atoms with E-state index in [1.54, 1.807) is 19.2 Å². The van der Waals surface area contributed by atoms with Crippen molar-refractivity contribution in [2.24, 2.45) is 5.92 Å². The average molecular weight is 846 g/mol. The molecule has 1 aliphatic rings. The molecule has 5 aromatic rings. The molecule has 1 saturated heterocycles. The molecule has 1 heterocycles. The molecular formula is C49H56FN3O7Si. The third kappa shape index (κ3) is 11.6. The lowest BCUT2D eigenvalue weighted by Crippen LogP contribution is -2.43. The summed E-state index contributed by atoms with van der Waals surface area (Å²) in [6, 6.07) is 40.0. The van der Waals surface area contributed by atoms with Crippen molar-refractivity contribution in [2.75, 3.05) is 25.2 Å². The number of rotatable bonds is 17. The molecule has 10 nitrogen and oxygen atoms in total. The standard InChI is InChI=1S/C49H56FN3O7Si/c1-49(2,3)61(5,6)60-45(38-19-22-40(50)23-20-38)30-21-39(46(54)53-44(34-59-48(53)56)37-15-11-8-12-16-37)32-52(42-26-28-43(57-4)29-27-42)41-24-17-35(18-25-41)31-51-47(55)58-33-36-13-9-7-10-14-36/h7-20,22-29,39,44-45H,21,30-34H2,1-6H3,(H,51,55). The largest absolute Gasteiger partial charge is 0.497 e. The second-order valence-electron chi connectivity index (χ2n) is 16.8. The van der Waals surface area contributed by atoms with E-state index in [0.29, 0.717) is 18.6 Å². The molecule has 0 aromatic heterocycles. The zero-order chi connectivity index (χ0) is 43.6. The summed E-state index contributed by atoms with van der Waals surface area (Å²) in [7, 11) is -0.757. The van der Waals surface area contributed by atoms with Crippen molar-refractivity contribution < 1.29 is 37.4 Å². The first-order chi connectivity index (χ1) is 29.2. The van der Waals surface area contributed by atoms with Gasteiger partial charge in [-0.05, 0) is 102 Å². The maximum absolute atomic E-state index is 15.1. The van der Waals surface area contributed by atoms with Crippen LogP contribution in [0, 0.1) is 11.7 Å². The van der Waals surface area contributed by atoms with Crippen LogP contribution in [0.2, 0.25) is 18.1 Å². The summed E-state index contributed by atoms with van der Waals surface area (Å²) in [5.74, 6) is -0.768. The Morgan fingerprint density at radius 3 is 2.05 bits per heavy atom. The molecule has 3 amide bonds. The van der Waals surface area contributed by atoms with Gasteiger partial charge in [0.05, 0.1) is 19.1 Å². The number of carbonyl (C=O) groups excluding carboxylic acids is 3. The van der Waals surface area contributed by atoms with Crippen LogP contribution in [0.15, 0.2) is 133 Å². The van der Waals surface area contributed by atoms with Crippen molar-refractivity contribution in [1.82, 2.24) is 10.2 Å². The molecular weight excluding hydrogens is 790 g/mol. The molecule has 320 valence electrons. The fourth-order valence-electron chi connectivity index (χ4n) is 7.02.